The Kier molecular flexibility index (Phi) is 5.59. The minimum atomic E-state index is -0.164. The van der Waals surface area contributed by atoms with Crippen LogP contribution in [0.1, 0.15) is 24.1 Å². The number of amides is 1. The van der Waals surface area contributed by atoms with Crippen LogP contribution in [0.4, 0.5) is 5.00 Å². The van der Waals surface area contributed by atoms with E-state index in [1.165, 1.54) is 12.8 Å². The molecule has 1 fully saturated rings. The van der Waals surface area contributed by atoms with Gasteiger partial charge in [-0.3, -0.25) is 9.78 Å². The Labute approximate surface area is 186 Å². The SMILES string of the molecule is COc1cccc(-c2nc3c(s2)N(CC2CC2)C(C(=O)NCCc2cccnc2)C3)c1. The first-order valence-corrected chi connectivity index (χ1v) is 11.6. The maximum Gasteiger partial charge on any atom is 0.243 e. The van der Waals surface area contributed by atoms with Crippen LogP contribution < -0.4 is 15.0 Å². The number of anilines is 1. The fourth-order valence-corrected chi connectivity index (χ4v) is 5.18. The molecule has 31 heavy (non-hydrogen) atoms. The summed E-state index contributed by atoms with van der Waals surface area (Å²) in [6, 6.07) is 11.8. The highest BCUT2D eigenvalue weighted by Crippen LogP contribution is 2.44. The summed E-state index contributed by atoms with van der Waals surface area (Å²) < 4.78 is 5.36. The normalized spacial score (nSPS) is 17.5. The van der Waals surface area contributed by atoms with Crippen LogP contribution in [-0.4, -0.2) is 42.1 Å². The first-order chi connectivity index (χ1) is 15.2. The van der Waals surface area contributed by atoms with Gasteiger partial charge in [0.05, 0.1) is 12.8 Å². The van der Waals surface area contributed by atoms with Crippen molar-refractivity contribution in [1.82, 2.24) is 15.3 Å². The van der Waals surface area contributed by atoms with Gasteiger partial charge in [0.15, 0.2) is 0 Å². The zero-order valence-electron chi connectivity index (χ0n) is 17.6. The molecule has 3 heterocycles. The third-order valence-corrected chi connectivity index (χ3v) is 7.09. The van der Waals surface area contributed by atoms with Crippen LogP contribution in [0.5, 0.6) is 5.75 Å². The summed E-state index contributed by atoms with van der Waals surface area (Å²) in [5.41, 5.74) is 3.23. The summed E-state index contributed by atoms with van der Waals surface area (Å²) in [7, 11) is 1.68. The highest BCUT2D eigenvalue weighted by atomic mass is 32.1. The molecule has 1 unspecified atom stereocenters. The molecule has 0 saturated heterocycles. The number of fused-ring (bicyclic) bond motifs is 1. The van der Waals surface area contributed by atoms with Gasteiger partial charge < -0.3 is 15.0 Å². The molecule has 1 saturated carbocycles. The van der Waals surface area contributed by atoms with E-state index in [1.54, 1.807) is 24.6 Å². The van der Waals surface area contributed by atoms with Crippen molar-refractivity contribution in [2.24, 2.45) is 5.92 Å². The van der Waals surface area contributed by atoms with Gasteiger partial charge in [-0.1, -0.05) is 29.5 Å². The molecule has 0 radical (unpaired) electrons. The Hall–Kier alpha value is -2.93. The molecule has 1 amide bonds. The van der Waals surface area contributed by atoms with Gasteiger partial charge >= 0.3 is 0 Å². The van der Waals surface area contributed by atoms with E-state index in [4.69, 9.17) is 9.72 Å². The first-order valence-electron chi connectivity index (χ1n) is 10.8. The van der Waals surface area contributed by atoms with Crippen molar-refractivity contribution in [2.45, 2.75) is 31.7 Å². The van der Waals surface area contributed by atoms with Crippen molar-refractivity contribution in [3.8, 4) is 16.3 Å². The molecule has 0 bridgehead atoms. The lowest BCUT2D eigenvalue weighted by Crippen LogP contribution is -2.46. The minimum absolute atomic E-state index is 0.0951. The van der Waals surface area contributed by atoms with Gasteiger partial charge in [-0.2, -0.15) is 0 Å². The van der Waals surface area contributed by atoms with E-state index in [9.17, 15) is 4.79 Å². The Bertz CT molecular complexity index is 1060. The first kappa shape index (κ1) is 20.0. The summed E-state index contributed by atoms with van der Waals surface area (Å²) in [6.07, 6.45) is 7.58. The Balaban J connectivity index is 1.30. The third-order valence-electron chi connectivity index (χ3n) is 5.91. The van der Waals surface area contributed by atoms with Crippen LogP contribution in [0.3, 0.4) is 0 Å². The van der Waals surface area contributed by atoms with Gasteiger partial charge in [-0.05, 0) is 48.9 Å². The van der Waals surface area contributed by atoms with Gasteiger partial charge in [-0.15, -0.1) is 0 Å². The van der Waals surface area contributed by atoms with E-state index >= 15 is 0 Å². The number of methoxy groups -OCH3 is 1. The molecule has 160 valence electrons. The zero-order valence-corrected chi connectivity index (χ0v) is 18.4. The van der Waals surface area contributed by atoms with Crippen molar-refractivity contribution in [2.75, 3.05) is 25.1 Å². The number of nitrogens with one attached hydrogen (secondary N) is 1. The summed E-state index contributed by atoms with van der Waals surface area (Å²) in [5.74, 6) is 1.62. The second-order valence-corrected chi connectivity index (χ2v) is 9.20. The van der Waals surface area contributed by atoms with Crippen molar-refractivity contribution >= 4 is 22.2 Å². The number of carbonyl (C=O) groups is 1. The number of thiazole rings is 1. The van der Waals surface area contributed by atoms with E-state index in [0.717, 1.165) is 45.5 Å². The molecule has 2 aliphatic rings. The highest BCUT2D eigenvalue weighted by Gasteiger charge is 2.40. The maximum absolute atomic E-state index is 13.0. The minimum Gasteiger partial charge on any atom is -0.497 e. The van der Waals surface area contributed by atoms with Gasteiger partial charge in [0.2, 0.25) is 5.91 Å². The van der Waals surface area contributed by atoms with E-state index in [-0.39, 0.29) is 11.9 Å². The molecule has 5 rings (SSSR count). The van der Waals surface area contributed by atoms with Crippen LogP contribution in [0.2, 0.25) is 0 Å². The number of carbonyl (C=O) groups excluding carboxylic acids is 1. The fraction of sp³-hybridized carbons (Fsp3) is 0.375. The average Bonchev–Trinajstić information content (AvgIpc) is 3.43. The van der Waals surface area contributed by atoms with E-state index < -0.39 is 0 Å². The van der Waals surface area contributed by atoms with Gasteiger partial charge in [0.25, 0.3) is 0 Å². The van der Waals surface area contributed by atoms with E-state index in [1.807, 2.05) is 36.5 Å². The fourth-order valence-electron chi connectivity index (χ4n) is 4.03. The molecule has 1 aliphatic carbocycles. The van der Waals surface area contributed by atoms with Gasteiger partial charge in [-0.25, -0.2) is 4.98 Å². The monoisotopic (exact) mass is 434 g/mol. The number of rotatable bonds is 8. The predicted molar refractivity (Wildman–Crippen MR) is 123 cm³/mol. The van der Waals surface area contributed by atoms with Crippen molar-refractivity contribution < 1.29 is 9.53 Å². The quantitative estimate of drug-likeness (QED) is 0.585. The van der Waals surface area contributed by atoms with Crippen LogP contribution in [0.15, 0.2) is 48.8 Å². The van der Waals surface area contributed by atoms with Crippen LogP contribution >= 0.6 is 11.3 Å². The summed E-state index contributed by atoms with van der Waals surface area (Å²) >= 11 is 1.69. The largest absolute Gasteiger partial charge is 0.497 e. The molecule has 3 aromatic rings. The molecule has 6 nitrogen and oxygen atoms in total. The number of ether oxygens (including phenoxy) is 1. The number of pyridine rings is 1. The number of nitrogens with zero attached hydrogens (tertiary/aromatic N) is 3. The predicted octanol–water partition coefficient (Wildman–Crippen LogP) is 3.71. The van der Waals surface area contributed by atoms with Gasteiger partial charge in [0, 0.05) is 37.5 Å². The summed E-state index contributed by atoms with van der Waals surface area (Å²) in [4.78, 5) is 24.4. The van der Waals surface area contributed by atoms with E-state index in [2.05, 4.69) is 21.3 Å². The smallest absolute Gasteiger partial charge is 0.243 e. The molecule has 1 aromatic carbocycles. The lowest BCUT2D eigenvalue weighted by Gasteiger charge is -2.26. The number of hydrogen-bond acceptors (Lipinski definition) is 6. The molecule has 0 spiro atoms. The second kappa shape index (κ2) is 8.67. The number of hydrogen-bond donors (Lipinski definition) is 1. The van der Waals surface area contributed by atoms with E-state index in [0.29, 0.717) is 18.9 Å². The lowest BCUT2D eigenvalue weighted by atomic mass is 10.1. The highest BCUT2D eigenvalue weighted by molar-refractivity contribution is 7.19. The second-order valence-electron chi connectivity index (χ2n) is 8.22. The topological polar surface area (TPSA) is 67.3 Å². The Morgan fingerprint density at radius 2 is 2.19 bits per heavy atom. The van der Waals surface area contributed by atoms with Crippen LogP contribution in [0, 0.1) is 5.92 Å². The summed E-state index contributed by atoms with van der Waals surface area (Å²) in [5, 5.41) is 5.27. The Morgan fingerprint density at radius 1 is 1.29 bits per heavy atom. The van der Waals surface area contributed by atoms with Crippen molar-refractivity contribution in [1.29, 1.82) is 0 Å². The molecule has 7 heteroatoms. The average molecular weight is 435 g/mol. The molecule has 2 aromatic heterocycles. The molecular formula is C24H26N4O2S. The number of benzene rings is 1. The standard InChI is InChI=1S/C24H26N4O2S/c1-30-19-6-2-5-18(12-19)23-27-20-13-21(28(24(20)31-23)15-17-7-8-17)22(29)26-11-9-16-4-3-10-25-14-16/h2-6,10,12,14,17,21H,7-9,11,13,15H2,1H3,(H,26,29). The molecule has 1 atom stereocenters. The van der Waals surface area contributed by atoms with Crippen molar-refractivity contribution in [3.05, 3.63) is 60.0 Å². The van der Waals surface area contributed by atoms with Gasteiger partial charge in [0.1, 0.15) is 21.8 Å². The third kappa shape index (κ3) is 4.42. The van der Waals surface area contributed by atoms with Crippen molar-refractivity contribution in [3.63, 3.8) is 0 Å². The Morgan fingerprint density at radius 3 is 2.97 bits per heavy atom. The molecular weight excluding hydrogens is 408 g/mol. The molecule has 1 N–H and O–H groups in total. The number of aromatic nitrogens is 2. The zero-order chi connectivity index (χ0) is 21.2. The molecule has 1 aliphatic heterocycles. The summed E-state index contributed by atoms with van der Waals surface area (Å²) in [6.45, 7) is 1.56. The van der Waals surface area contributed by atoms with Crippen LogP contribution in [0.25, 0.3) is 10.6 Å². The van der Waals surface area contributed by atoms with Crippen LogP contribution in [-0.2, 0) is 17.6 Å². The lowest BCUT2D eigenvalue weighted by molar-refractivity contribution is -0.122. The maximum atomic E-state index is 13.0.